The highest BCUT2D eigenvalue weighted by molar-refractivity contribution is 5.88. The Kier molecular flexibility index (Phi) is 3.01. The third-order valence-electron chi connectivity index (χ3n) is 3.60. The molecule has 0 fully saturated rings. The molecule has 1 aromatic heterocycles. The van der Waals surface area contributed by atoms with E-state index < -0.39 is 5.97 Å². The summed E-state index contributed by atoms with van der Waals surface area (Å²) in [7, 11) is 0. The van der Waals surface area contributed by atoms with Crippen LogP contribution in [0, 0.1) is 0 Å². The Bertz CT molecular complexity index is 887. The molecule has 0 aliphatic carbocycles. The molecule has 0 atom stereocenters. The SMILES string of the molecule is O=C(O)c1cc(-c2ccc3c(c2)OCO3)nn1-c1ccccc1. The summed E-state index contributed by atoms with van der Waals surface area (Å²) in [6.07, 6.45) is 0. The standard InChI is InChI=1S/C17H12N2O4/c20-17(21)14-9-13(18-19(14)12-4-2-1-3-5-12)11-6-7-15-16(8-11)23-10-22-15/h1-9H,10H2,(H,20,21). The van der Waals surface area contributed by atoms with Crippen LogP contribution in [-0.2, 0) is 0 Å². The first kappa shape index (κ1) is 13.4. The average Bonchev–Trinajstić information content (AvgIpc) is 3.22. The molecule has 0 saturated carbocycles. The van der Waals surface area contributed by atoms with Crippen LogP contribution in [0.1, 0.15) is 10.5 Å². The van der Waals surface area contributed by atoms with Crippen molar-refractivity contribution in [3.05, 3.63) is 60.3 Å². The van der Waals surface area contributed by atoms with Crippen molar-refractivity contribution in [2.45, 2.75) is 0 Å². The number of rotatable bonds is 3. The zero-order valence-corrected chi connectivity index (χ0v) is 12.0. The van der Waals surface area contributed by atoms with E-state index in [1.54, 1.807) is 18.2 Å². The van der Waals surface area contributed by atoms with E-state index in [9.17, 15) is 9.90 Å². The summed E-state index contributed by atoms with van der Waals surface area (Å²) in [6.45, 7) is 0.192. The predicted octanol–water partition coefficient (Wildman–Crippen LogP) is 2.97. The number of aromatic carboxylic acids is 1. The van der Waals surface area contributed by atoms with Gasteiger partial charge in [0.05, 0.1) is 11.4 Å². The number of aromatic nitrogens is 2. The number of ether oxygens (including phenoxy) is 2. The molecule has 2 aromatic carbocycles. The van der Waals surface area contributed by atoms with E-state index in [1.807, 2.05) is 36.4 Å². The van der Waals surface area contributed by atoms with Crippen molar-refractivity contribution in [1.82, 2.24) is 9.78 Å². The van der Waals surface area contributed by atoms with Gasteiger partial charge in [-0.25, -0.2) is 9.48 Å². The van der Waals surface area contributed by atoms with Gasteiger partial charge in [0.2, 0.25) is 6.79 Å². The molecule has 0 bridgehead atoms. The third-order valence-corrected chi connectivity index (χ3v) is 3.60. The monoisotopic (exact) mass is 308 g/mol. The molecule has 1 aliphatic heterocycles. The van der Waals surface area contributed by atoms with Gasteiger partial charge in [-0.15, -0.1) is 0 Å². The Labute approximate surface area is 131 Å². The van der Waals surface area contributed by atoms with E-state index in [4.69, 9.17) is 9.47 Å². The number of para-hydroxylation sites is 1. The lowest BCUT2D eigenvalue weighted by Crippen LogP contribution is -2.07. The molecule has 1 N–H and O–H groups in total. The Morgan fingerprint density at radius 1 is 1.04 bits per heavy atom. The van der Waals surface area contributed by atoms with Crippen LogP contribution >= 0.6 is 0 Å². The van der Waals surface area contributed by atoms with E-state index in [2.05, 4.69) is 5.10 Å². The van der Waals surface area contributed by atoms with Gasteiger partial charge >= 0.3 is 5.97 Å². The number of carboxylic acids is 1. The molecule has 0 spiro atoms. The van der Waals surface area contributed by atoms with Gasteiger partial charge in [0, 0.05) is 5.56 Å². The normalized spacial score (nSPS) is 12.3. The van der Waals surface area contributed by atoms with Crippen LogP contribution in [0.2, 0.25) is 0 Å². The van der Waals surface area contributed by atoms with E-state index in [-0.39, 0.29) is 12.5 Å². The minimum absolute atomic E-state index is 0.101. The summed E-state index contributed by atoms with van der Waals surface area (Å²) in [6, 6.07) is 16.1. The van der Waals surface area contributed by atoms with Gasteiger partial charge < -0.3 is 14.6 Å². The van der Waals surface area contributed by atoms with Crippen molar-refractivity contribution in [2.75, 3.05) is 6.79 Å². The van der Waals surface area contributed by atoms with Gasteiger partial charge in [0.1, 0.15) is 0 Å². The Morgan fingerprint density at radius 3 is 2.61 bits per heavy atom. The molecule has 0 unspecified atom stereocenters. The topological polar surface area (TPSA) is 73.6 Å². The molecular formula is C17H12N2O4. The highest BCUT2D eigenvalue weighted by Crippen LogP contribution is 2.35. The maximum atomic E-state index is 11.5. The molecule has 1 aliphatic rings. The van der Waals surface area contributed by atoms with Crippen LogP contribution in [0.4, 0.5) is 0 Å². The summed E-state index contributed by atoms with van der Waals surface area (Å²) in [5.41, 5.74) is 2.12. The highest BCUT2D eigenvalue weighted by Gasteiger charge is 2.19. The lowest BCUT2D eigenvalue weighted by molar-refractivity contribution is 0.0687. The minimum atomic E-state index is -1.03. The zero-order valence-electron chi connectivity index (χ0n) is 12.0. The molecule has 114 valence electrons. The van der Waals surface area contributed by atoms with Crippen molar-refractivity contribution >= 4 is 5.97 Å². The maximum absolute atomic E-state index is 11.5. The van der Waals surface area contributed by atoms with Crippen LogP contribution in [0.15, 0.2) is 54.6 Å². The molecule has 3 aromatic rings. The number of fused-ring (bicyclic) bond motifs is 1. The molecule has 0 radical (unpaired) electrons. The smallest absolute Gasteiger partial charge is 0.354 e. The van der Waals surface area contributed by atoms with E-state index in [1.165, 1.54) is 4.68 Å². The van der Waals surface area contributed by atoms with E-state index in [0.717, 1.165) is 5.56 Å². The number of nitrogens with zero attached hydrogens (tertiary/aromatic N) is 2. The fourth-order valence-corrected chi connectivity index (χ4v) is 2.50. The fraction of sp³-hybridized carbons (Fsp3) is 0.0588. The first-order valence-electron chi connectivity index (χ1n) is 7.01. The second-order valence-corrected chi connectivity index (χ2v) is 5.04. The number of carboxylic acid groups (broad SMARTS) is 1. The molecular weight excluding hydrogens is 296 g/mol. The fourth-order valence-electron chi connectivity index (χ4n) is 2.50. The lowest BCUT2D eigenvalue weighted by atomic mass is 10.1. The third kappa shape index (κ3) is 2.30. The maximum Gasteiger partial charge on any atom is 0.354 e. The van der Waals surface area contributed by atoms with Gasteiger partial charge in [-0.2, -0.15) is 5.10 Å². The number of carbonyl (C=O) groups is 1. The van der Waals surface area contributed by atoms with E-state index in [0.29, 0.717) is 22.9 Å². The van der Waals surface area contributed by atoms with Crippen molar-refractivity contribution in [2.24, 2.45) is 0 Å². The van der Waals surface area contributed by atoms with Crippen LogP contribution in [0.25, 0.3) is 16.9 Å². The summed E-state index contributed by atoms with van der Waals surface area (Å²) >= 11 is 0. The van der Waals surface area contributed by atoms with Gasteiger partial charge in [-0.1, -0.05) is 18.2 Å². The van der Waals surface area contributed by atoms with Crippen molar-refractivity contribution in [3.8, 4) is 28.4 Å². The van der Waals surface area contributed by atoms with E-state index >= 15 is 0 Å². The quantitative estimate of drug-likeness (QED) is 0.805. The minimum Gasteiger partial charge on any atom is -0.477 e. The molecule has 0 amide bonds. The van der Waals surface area contributed by atoms with Gasteiger partial charge in [-0.05, 0) is 36.4 Å². The van der Waals surface area contributed by atoms with Crippen LogP contribution < -0.4 is 9.47 Å². The Hall–Kier alpha value is -3.28. The van der Waals surface area contributed by atoms with Crippen LogP contribution in [0.3, 0.4) is 0 Å². The number of hydrogen-bond donors (Lipinski definition) is 1. The van der Waals surface area contributed by atoms with Gasteiger partial charge in [0.15, 0.2) is 17.2 Å². The predicted molar refractivity (Wildman–Crippen MR) is 82.1 cm³/mol. The molecule has 2 heterocycles. The number of hydrogen-bond acceptors (Lipinski definition) is 4. The lowest BCUT2D eigenvalue weighted by Gasteiger charge is -2.03. The molecule has 6 heteroatoms. The first-order chi connectivity index (χ1) is 11.2. The zero-order chi connectivity index (χ0) is 15.8. The summed E-state index contributed by atoms with van der Waals surface area (Å²) < 4.78 is 12.1. The van der Waals surface area contributed by atoms with Crippen LogP contribution in [-0.4, -0.2) is 27.6 Å². The molecule has 23 heavy (non-hydrogen) atoms. The van der Waals surface area contributed by atoms with Gasteiger partial charge in [-0.3, -0.25) is 0 Å². The number of benzene rings is 2. The highest BCUT2D eigenvalue weighted by atomic mass is 16.7. The van der Waals surface area contributed by atoms with Gasteiger partial charge in [0.25, 0.3) is 0 Å². The van der Waals surface area contributed by atoms with Crippen molar-refractivity contribution in [3.63, 3.8) is 0 Å². The second-order valence-electron chi connectivity index (χ2n) is 5.04. The first-order valence-corrected chi connectivity index (χ1v) is 7.01. The van der Waals surface area contributed by atoms with Crippen molar-refractivity contribution < 1.29 is 19.4 Å². The Balaban J connectivity index is 1.83. The van der Waals surface area contributed by atoms with Crippen molar-refractivity contribution in [1.29, 1.82) is 0 Å². The summed E-state index contributed by atoms with van der Waals surface area (Å²) in [5, 5.41) is 13.9. The largest absolute Gasteiger partial charge is 0.477 e. The Morgan fingerprint density at radius 2 is 1.83 bits per heavy atom. The van der Waals surface area contributed by atoms with Crippen LogP contribution in [0.5, 0.6) is 11.5 Å². The second kappa shape index (κ2) is 5.17. The molecule has 0 saturated heterocycles. The molecule has 4 rings (SSSR count). The summed E-state index contributed by atoms with van der Waals surface area (Å²) in [4.78, 5) is 11.5. The molecule has 6 nitrogen and oxygen atoms in total. The summed E-state index contributed by atoms with van der Waals surface area (Å²) in [5.74, 6) is 0.275. The average molecular weight is 308 g/mol.